The lowest BCUT2D eigenvalue weighted by atomic mass is 9.86. The molecular weight excluding hydrogens is 258 g/mol. The van der Waals surface area contributed by atoms with Gasteiger partial charge in [-0.25, -0.2) is 4.39 Å². The minimum Gasteiger partial charge on any atom is -0.311 e. The summed E-state index contributed by atoms with van der Waals surface area (Å²) in [5.74, 6) is -1.21. The monoisotopic (exact) mass is 275 g/mol. The molecule has 5 heteroatoms. The Balaban J connectivity index is 2.26. The van der Waals surface area contributed by atoms with Crippen LogP contribution >= 0.6 is 0 Å². The standard InChI is InChI=1S/C14H17F4N/c1-2-13(6-3-7-19-13)9-10-4-5-12(15)11(8-10)14(16,17)18/h4-5,8,19H,2-3,6-7,9H2,1H3. The van der Waals surface area contributed by atoms with Gasteiger partial charge >= 0.3 is 6.18 Å². The summed E-state index contributed by atoms with van der Waals surface area (Å²) in [4.78, 5) is 0. The zero-order valence-corrected chi connectivity index (χ0v) is 10.8. The third-order valence-corrected chi connectivity index (χ3v) is 3.89. The highest BCUT2D eigenvalue weighted by atomic mass is 19.4. The van der Waals surface area contributed by atoms with Crippen LogP contribution in [0, 0.1) is 5.82 Å². The van der Waals surface area contributed by atoms with Crippen molar-refractivity contribution in [3.05, 3.63) is 35.1 Å². The Labute approximate surface area is 110 Å². The molecular formula is C14H17F4N. The van der Waals surface area contributed by atoms with Crippen LogP contribution in [0.5, 0.6) is 0 Å². The third kappa shape index (κ3) is 3.08. The number of hydrogen-bond donors (Lipinski definition) is 1. The second kappa shape index (κ2) is 5.12. The lowest BCUT2D eigenvalue weighted by Crippen LogP contribution is -2.41. The van der Waals surface area contributed by atoms with Gasteiger partial charge in [-0.05, 0) is 49.9 Å². The summed E-state index contributed by atoms with van der Waals surface area (Å²) in [6.07, 6.45) is -1.30. The molecule has 1 aliphatic rings. The predicted octanol–water partition coefficient (Wildman–Crippen LogP) is 3.92. The van der Waals surface area contributed by atoms with E-state index in [1.165, 1.54) is 6.07 Å². The molecule has 0 aromatic heterocycles. The van der Waals surface area contributed by atoms with Crippen LogP contribution in [0.2, 0.25) is 0 Å². The average molecular weight is 275 g/mol. The lowest BCUT2D eigenvalue weighted by molar-refractivity contribution is -0.140. The first-order valence-electron chi connectivity index (χ1n) is 6.47. The third-order valence-electron chi connectivity index (χ3n) is 3.89. The fourth-order valence-corrected chi connectivity index (χ4v) is 2.74. The highest BCUT2D eigenvalue weighted by Gasteiger charge is 2.36. The van der Waals surface area contributed by atoms with Gasteiger partial charge in [0.25, 0.3) is 0 Å². The van der Waals surface area contributed by atoms with Crippen molar-refractivity contribution < 1.29 is 17.6 Å². The Hall–Kier alpha value is -1.10. The predicted molar refractivity (Wildman–Crippen MR) is 65.4 cm³/mol. The topological polar surface area (TPSA) is 12.0 Å². The van der Waals surface area contributed by atoms with E-state index >= 15 is 0 Å². The van der Waals surface area contributed by atoms with E-state index in [1.807, 2.05) is 6.92 Å². The van der Waals surface area contributed by atoms with Crippen molar-refractivity contribution in [2.24, 2.45) is 0 Å². The van der Waals surface area contributed by atoms with Crippen LogP contribution < -0.4 is 5.32 Å². The Morgan fingerprint density at radius 2 is 2.05 bits per heavy atom. The van der Waals surface area contributed by atoms with Gasteiger partial charge < -0.3 is 5.32 Å². The smallest absolute Gasteiger partial charge is 0.311 e. The van der Waals surface area contributed by atoms with Gasteiger partial charge in [0.2, 0.25) is 0 Å². The molecule has 19 heavy (non-hydrogen) atoms. The second-order valence-corrected chi connectivity index (χ2v) is 5.15. The molecule has 1 saturated heterocycles. The molecule has 1 N–H and O–H groups in total. The maximum absolute atomic E-state index is 13.2. The van der Waals surface area contributed by atoms with E-state index in [0.717, 1.165) is 37.9 Å². The SMILES string of the molecule is CCC1(Cc2ccc(F)c(C(F)(F)F)c2)CCCN1. The van der Waals surface area contributed by atoms with Crippen LogP contribution in [-0.4, -0.2) is 12.1 Å². The molecule has 2 rings (SSSR count). The van der Waals surface area contributed by atoms with Crippen molar-refractivity contribution in [1.29, 1.82) is 0 Å². The van der Waals surface area contributed by atoms with Gasteiger partial charge in [0.15, 0.2) is 0 Å². The fourth-order valence-electron chi connectivity index (χ4n) is 2.74. The molecule has 1 aromatic rings. The highest BCUT2D eigenvalue weighted by molar-refractivity contribution is 5.29. The minimum atomic E-state index is -4.64. The molecule has 0 radical (unpaired) electrons. The molecule has 1 nitrogen and oxygen atoms in total. The molecule has 1 heterocycles. The first kappa shape index (κ1) is 14.3. The fraction of sp³-hybridized carbons (Fsp3) is 0.571. The van der Waals surface area contributed by atoms with Crippen LogP contribution in [0.1, 0.15) is 37.3 Å². The molecule has 1 aromatic carbocycles. The molecule has 0 aliphatic carbocycles. The first-order valence-corrected chi connectivity index (χ1v) is 6.47. The van der Waals surface area contributed by atoms with Crippen LogP contribution in [0.15, 0.2) is 18.2 Å². The van der Waals surface area contributed by atoms with E-state index in [-0.39, 0.29) is 5.54 Å². The molecule has 1 aliphatic heterocycles. The van der Waals surface area contributed by atoms with Crippen LogP contribution in [0.4, 0.5) is 17.6 Å². The van der Waals surface area contributed by atoms with Crippen molar-refractivity contribution in [2.45, 2.75) is 44.3 Å². The number of halogens is 4. The van der Waals surface area contributed by atoms with Gasteiger partial charge in [-0.3, -0.25) is 0 Å². The highest BCUT2D eigenvalue weighted by Crippen LogP contribution is 2.34. The van der Waals surface area contributed by atoms with E-state index in [0.29, 0.717) is 12.0 Å². The van der Waals surface area contributed by atoms with Gasteiger partial charge in [0.1, 0.15) is 5.82 Å². The van der Waals surface area contributed by atoms with Crippen LogP contribution in [0.3, 0.4) is 0 Å². The zero-order valence-electron chi connectivity index (χ0n) is 10.8. The Bertz CT molecular complexity index is 447. The Kier molecular flexibility index (Phi) is 3.85. The van der Waals surface area contributed by atoms with Crippen molar-refractivity contribution in [3.63, 3.8) is 0 Å². The quantitative estimate of drug-likeness (QED) is 0.824. The molecule has 106 valence electrons. The number of nitrogens with one attached hydrogen (secondary N) is 1. The summed E-state index contributed by atoms with van der Waals surface area (Å²) in [5.41, 5.74) is -0.778. The molecule has 0 bridgehead atoms. The first-order chi connectivity index (χ1) is 8.86. The molecule has 1 atom stereocenters. The molecule has 0 amide bonds. The normalized spacial score (nSPS) is 23.8. The van der Waals surface area contributed by atoms with Gasteiger partial charge in [-0.2, -0.15) is 13.2 Å². The summed E-state index contributed by atoms with van der Waals surface area (Å²) >= 11 is 0. The largest absolute Gasteiger partial charge is 0.419 e. The number of hydrogen-bond acceptors (Lipinski definition) is 1. The summed E-state index contributed by atoms with van der Waals surface area (Å²) in [7, 11) is 0. The number of benzene rings is 1. The molecule has 0 spiro atoms. The average Bonchev–Trinajstić information content (AvgIpc) is 2.79. The van der Waals surface area contributed by atoms with Gasteiger partial charge in [-0.15, -0.1) is 0 Å². The van der Waals surface area contributed by atoms with E-state index in [1.54, 1.807) is 0 Å². The summed E-state index contributed by atoms with van der Waals surface area (Å²) in [5, 5.41) is 3.37. The molecule has 0 saturated carbocycles. The van der Waals surface area contributed by atoms with Crippen molar-refractivity contribution in [1.82, 2.24) is 5.32 Å². The van der Waals surface area contributed by atoms with Crippen LogP contribution in [-0.2, 0) is 12.6 Å². The Morgan fingerprint density at radius 3 is 2.58 bits per heavy atom. The maximum Gasteiger partial charge on any atom is 0.419 e. The number of rotatable bonds is 3. The second-order valence-electron chi connectivity index (χ2n) is 5.15. The van der Waals surface area contributed by atoms with Crippen molar-refractivity contribution in [3.8, 4) is 0 Å². The summed E-state index contributed by atoms with van der Waals surface area (Å²) < 4.78 is 51.2. The maximum atomic E-state index is 13.2. The van der Waals surface area contributed by atoms with Gasteiger partial charge in [0, 0.05) is 5.54 Å². The summed E-state index contributed by atoms with van der Waals surface area (Å²) in [6, 6.07) is 3.30. The van der Waals surface area contributed by atoms with Gasteiger partial charge in [0.05, 0.1) is 5.56 Å². The zero-order chi connectivity index (χ0) is 14.1. The van der Waals surface area contributed by atoms with E-state index in [4.69, 9.17) is 0 Å². The Morgan fingerprint density at radius 1 is 1.32 bits per heavy atom. The van der Waals surface area contributed by atoms with Gasteiger partial charge in [-0.1, -0.05) is 13.0 Å². The summed E-state index contributed by atoms with van der Waals surface area (Å²) in [6.45, 7) is 2.91. The minimum absolute atomic E-state index is 0.138. The van der Waals surface area contributed by atoms with Crippen molar-refractivity contribution in [2.75, 3.05) is 6.54 Å². The molecule has 1 fully saturated rings. The molecule has 1 unspecified atom stereocenters. The van der Waals surface area contributed by atoms with E-state index < -0.39 is 17.6 Å². The van der Waals surface area contributed by atoms with Crippen molar-refractivity contribution >= 4 is 0 Å². The van der Waals surface area contributed by atoms with E-state index in [9.17, 15) is 17.6 Å². The van der Waals surface area contributed by atoms with Crippen LogP contribution in [0.25, 0.3) is 0 Å². The number of alkyl halides is 3. The lowest BCUT2D eigenvalue weighted by Gasteiger charge is -2.28. The van der Waals surface area contributed by atoms with E-state index in [2.05, 4.69) is 5.32 Å².